The van der Waals surface area contributed by atoms with Crippen LogP contribution < -0.4 is 5.32 Å². The Hall–Kier alpha value is -0.580. The van der Waals surface area contributed by atoms with Crippen LogP contribution in [0.4, 0.5) is 4.39 Å². The van der Waals surface area contributed by atoms with Crippen LogP contribution in [0.25, 0.3) is 0 Å². The van der Waals surface area contributed by atoms with E-state index in [1.54, 1.807) is 12.1 Å². The van der Waals surface area contributed by atoms with Crippen molar-refractivity contribution in [2.24, 2.45) is 0 Å². The van der Waals surface area contributed by atoms with Crippen LogP contribution in [-0.4, -0.2) is 43.4 Å². The lowest BCUT2D eigenvalue weighted by Crippen LogP contribution is -2.44. The van der Waals surface area contributed by atoms with E-state index in [4.69, 9.17) is 0 Å². The predicted octanol–water partition coefficient (Wildman–Crippen LogP) is 2.13. The summed E-state index contributed by atoms with van der Waals surface area (Å²) in [5, 5.41) is 3.35. The average molecular weight is 254 g/mol. The number of aryl methyl sites for hydroxylation is 1. The van der Waals surface area contributed by atoms with Crippen molar-refractivity contribution in [1.82, 2.24) is 10.2 Å². The van der Waals surface area contributed by atoms with Crippen LogP contribution in [0, 0.1) is 12.7 Å². The lowest BCUT2D eigenvalue weighted by Gasteiger charge is -2.26. The third kappa shape index (κ3) is 3.98. The van der Waals surface area contributed by atoms with Crippen molar-refractivity contribution in [2.75, 3.05) is 38.5 Å². The quantitative estimate of drug-likeness (QED) is 0.829. The van der Waals surface area contributed by atoms with E-state index in [2.05, 4.69) is 10.2 Å². The van der Waals surface area contributed by atoms with Crippen LogP contribution in [-0.2, 0) is 0 Å². The van der Waals surface area contributed by atoms with Gasteiger partial charge in [0.05, 0.1) is 0 Å². The zero-order valence-corrected chi connectivity index (χ0v) is 11.0. The monoisotopic (exact) mass is 254 g/mol. The molecule has 0 aliphatic carbocycles. The van der Waals surface area contributed by atoms with Crippen LogP contribution >= 0.6 is 11.8 Å². The van der Waals surface area contributed by atoms with E-state index < -0.39 is 0 Å². The van der Waals surface area contributed by atoms with E-state index >= 15 is 0 Å². The van der Waals surface area contributed by atoms with Gasteiger partial charge in [-0.3, -0.25) is 4.90 Å². The molecule has 0 radical (unpaired) electrons. The van der Waals surface area contributed by atoms with E-state index in [0.29, 0.717) is 0 Å². The second kappa shape index (κ2) is 6.38. The van der Waals surface area contributed by atoms with Crippen molar-refractivity contribution in [3.8, 4) is 0 Å². The van der Waals surface area contributed by atoms with Gasteiger partial charge in [-0.2, -0.15) is 0 Å². The van der Waals surface area contributed by atoms with Crippen molar-refractivity contribution in [3.63, 3.8) is 0 Å². The largest absolute Gasteiger partial charge is 0.314 e. The van der Waals surface area contributed by atoms with Crippen LogP contribution in [0.1, 0.15) is 5.56 Å². The number of hydrogen-bond acceptors (Lipinski definition) is 3. The molecule has 1 aliphatic rings. The minimum Gasteiger partial charge on any atom is -0.314 e. The van der Waals surface area contributed by atoms with E-state index in [1.165, 1.54) is 4.90 Å². The maximum atomic E-state index is 12.9. The summed E-state index contributed by atoms with van der Waals surface area (Å²) in [4.78, 5) is 3.67. The smallest absolute Gasteiger partial charge is 0.123 e. The molecule has 1 aromatic carbocycles. The number of benzene rings is 1. The second-order valence-electron chi connectivity index (χ2n) is 4.35. The lowest BCUT2D eigenvalue weighted by molar-refractivity contribution is 0.255. The number of hydrogen-bond donors (Lipinski definition) is 1. The first-order valence-corrected chi connectivity index (χ1v) is 7.06. The molecule has 1 N–H and O–H groups in total. The van der Waals surface area contributed by atoms with Crippen LogP contribution in [0.5, 0.6) is 0 Å². The summed E-state index contributed by atoms with van der Waals surface area (Å²) < 4.78 is 12.9. The maximum Gasteiger partial charge on any atom is 0.123 e. The van der Waals surface area contributed by atoms with Gasteiger partial charge in [-0.05, 0) is 30.7 Å². The zero-order valence-electron chi connectivity index (χ0n) is 10.2. The lowest BCUT2D eigenvalue weighted by atomic mass is 10.2. The van der Waals surface area contributed by atoms with Gasteiger partial charge in [0.1, 0.15) is 5.82 Å². The normalized spacial score (nSPS) is 17.3. The molecule has 1 aliphatic heterocycles. The molecular weight excluding hydrogens is 235 g/mol. The molecule has 1 aromatic rings. The fourth-order valence-corrected chi connectivity index (χ4v) is 3.01. The molecule has 94 valence electrons. The summed E-state index contributed by atoms with van der Waals surface area (Å²) in [6, 6.07) is 5.03. The van der Waals surface area contributed by atoms with Gasteiger partial charge in [0.25, 0.3) is 0 Å². The predicted molar refractivity (Wildman–Crippen MR) is 71.2 cm³/mol. The van der Waals surface area contributed by atoms with Crippen LogP contribution in [0.3, 0.4) is 0 Å². The first-order chi connectivity index (χ1) is 8.25. The van der Waals surface area contributed by atoms with Gasteiger partial charge in [-0.15, -0.1) is 11.8 Å². The van der Waals surface area contributed by atoms with Gasteiger partial charge >= 0.3 is 0 Å². The molecule has 17 heavy (non-hydrogen) atoms. The highest BCUT2D eigenvalue weighted by molar-refractivity contribution is 7.99. The summed E-state index contributed by atoms with van der Waals surface area (Å²) in [6.07, 6.45) is 0. The molecule has 0 saturated carbocycles. The molecule has 4 heteroatoms. The van der Waals surface area contributed by atoms with E-state index in [-0.39, 0.29) is 5.82 Å². The Bertz CT molecular complexity index is 364. The minimum atomic E-state index is -0.144. The Labute approximate surface area is 107 Å². The van der Waals surface area contributed by atoms with Crippen molar-refractivity contribution in [2.45, 2.75) is 11.8 Å². The van der Waals surface area contributed by atoms with Gasteiger partial charge in [0, 0.05) is 43.4 Å². The fraction of sp³-hybridized carbons (Fsp3) is 0.538. The highest BCUT2D eigenvalue weighted by Crippen LogP contribution is 2.22. The second-order valence-corrected chi connectivity index (χ2v) is 5.49. The Morgan fingerprint density at radius 2 is 2.12 bits per heavy atom. The van der Waals surface area contributed by atoms with Gasteiger partial charge < -0.3 is 5.32 Å². The number of thioether (sulfide) groups is 1. The Morgan fingerprint density at radius 3 is 2.82 bits per heavy atom. The number of nitrogens with one attached hydrogen (secondary N) is 1. The van der Waals surface area contributed by atoms with Gasteiger partial charge in [-0.25, -0.2) is 4.39 Å². The van der Waals surface area contributed by atoms with Crippen molar-refractivity contribution in [3.05, 3.63) is 29.6 Å². The molecule has 0 spiro atoms. The van der Waals surface area contributed by atoms with Crippen molar-refractivity contribution < 1.29 is 4.39 Å². The maximum absolute atomic E-state index is 12.9. The highest BCUT2D eigenvalue weighted by Gasteiger charge is 2.09. The molecule has 0 aromatic heterocycles. The van der Waals surface area contributed by atoms with Crippen molar-refractivity contribution in [1.29, 1.82) is 0 Å². The Kier molecular flexibility index (Phi) is 4.83. The summed E-state index contributed by atoms with van der Waals surface area (Å²) >= 11 is 1.82. The standard InChI is InChI=1S/C13H19FN2S/c1-11-10-12(14)2-3-13(11)17-9-8-16-6-4-15-5-7-16/h2-3,10,15H,4-9H2,1H3. The Morgan fingerprint density at radius 1 is 1.35 bits per heavy atom. The number of nitrogens with zero attached hydrogens (tertiary/aromatic N) is 1. The highest BCUT2D eigenvalue weighted by atomic mass is 32.2. The summed E-state index contributed by atoms with van der Waals surface area (Å²) in [7, 11) is 0. The minimum absolute atomic E-state index is 0.144. The topological polar surface area (TPSA) is 15.3 Å². The first kappa shape index (κ1) is 12.9. The molecule has 0 unspecified atom stereocenters. The Balaban J connectivity index is 1.77. The number of rotatable bonds is 4. The van der Waals surface area contributed by atoms with Crippen LogP contribution in [0.15, 0.2) is 23.1 Å². The van der Waals surface area contributed by atoms with E-state index in [1.807, 2.05) is 24.8 Å². The molecule has 2 nitrogen and oxygen atoms in total. The molecule has 2 rings (SSSR count). The fourth-order valence-electron chi connectivity index (χ4n) is 1.99. The van der Waals surface area contributed by atoms with Gasteiger partial charge in [-0.1, -0.05) is 0 Å². The van der Waals surface area contributed by atoms with Gasteiger partial charge in [0.2, 0.25) is 0 Å². The molecule has 0 atom stereocenters. The van der Waals surface area contributed by atoms with Crippen LogP contribution in [0.2, 0.25) is 0 Å². The summed E-state index contributed by atoms with van der Waals surface area (Å²) in [5.74, 6) is 0.931. The summed E-state index contributed by atoms with van der Waals surface area (Å²) in [6.45, 7) is 7.56. The zero-order chi connectivity index (χ0) is 12.1. The molecule has 1 saturated heterocycles. The SMILES string of the molecule is Cc1cc(F)ccc1SCCN1CCNCC1. The van der Waals surface area contributed by atoms with Crippen molar-refractivity contribution >= 4 is 11.8 Å². The molecular formula is C13H19FN2S. The summed E-state index contributed by atoms with van der Waals surface area (Å²) in [5.41, 5.74) is 1.04. The average Bonchev–Trinajstić information content (AvgIpc) is 2.33. The molecule has 1 fully saturated rings. The molecule has 1 heterocycles. The first-order valence-electron chi connectivity index (χ1n) is 6.08. The number of piperazine rings is 1. The third-order valence-electron chi connectivity index (χ3n) is 3.01. The molecule has 0 amide bonds. The number of halogens is 1. The molecule has 0 bridgehead atoms. The van der Waals surface area contributed by atoms with E-state index in [9.17, 15) is 4.39 Å². The third-order valence-corrected chi connectivity index (χ3v) is 4.17. The van der Waals surface area contributed by atoms with E-state index in [0.717, 1.165) is 44.0 Å². The van der Waals surface area contributed by atoms with Gasteiger partial charge in [0.15, 0.2) is 0 Å².